The standard InChI is InChI=1S/C15H22O3/c1-15(9-5-8-13(16)10-15)14(17)18-11-12-6-3-2-4-7-12/h2-4,6,12-13,16H,5,7-11H2,1H3. The van der Waals surface area contributed by atoms with E-state index in [0.717, 1.165) is 25.7 Å². The lowest BCUT2D eigenvalue weighted by Gasteiger charge is -2.34. The van der Waals surface area contributed by atoms with E-state index >= 15 is 0 Å². The summed E-state index contributed by atoms with van der Waals surface area (Å²) in [6.45, 7) is 2.36. The molecule has 0 spiro atoms. The first kappa shape index (κ1) is 13.3. The Morgan fingerprint density at radius 2 is 2.33 bits per heavy atom. The second-order valence-electron chi connectivity index (χ2n) is 5.72. The van der Waals surface area contributed by atoms with Crippen LogP contribution in [0.4, 0.5) is 0 Å². The van der Waals surface area contributed by atoms with Crippen LogP contribution < -0.4 is 0 Å². The predicted molar refractivity (Wildman–Crippen MR) is 69.9 cm³/mol. The molecule has 2 aliphatic carbocycles. The molecule has 0 saturated heterocycles. The van der Waals surface area contributed by atoms with Gasteiger partial charge in [-0.05, 0) is 39.0 Å². The number of hydrogen-bond acceptors (Lipinski definition) is 3. The van der Waals surface area contributed by atoms with Crippen molar-refractivity contribution in [2.45, 2.75) is 45.1 Å². The summed E-state index contributed by atoms with van der Waals surface area (Å²) >= 11 is 0. The SMILES string of the molecule is CC1(C(=O)OCC2C=CC=CC2)CCCC(O)C1. The lowest BCUT2D eigenvalue weighted by Crippen LogP contribution is -2.37. The lowest BCUT2D eigenvalue weighted by molar-refractivity contribution is -0.160. The molecule has 0 amide bonds. The Kier molecular flexibility index (Phi) is 4.23. The number of carbonyl (C=O) groups excluding carboxylic acids is 1. The summed E-state index contributed by atoms with van der Waals surface area (Å²) in [4.78, 5) is 12.1. The first-order chi connectivity index (χ1) is 8.60. The molecule has 1 N–H and O–H groups in total. The van der Waals surface area contributed by atoms with Gasteiger partial charge < -0.3 is 9.84 Å². The van der Waals surface area contributed by atoms with E-state index in [-0.39, 0.29) is 12.1 Å². The molecule has 3 nitrogen and oxygen atoms in total. The molecule has 0 heterocycles. The van der Waals surface area contributed by atoms with Gasteiger partial charge in [0.05, 0.1) is 18.1 Å². The van der Waals surface area contributed by atoms with Crippen LogP contribution in [0.15, 0.2) is 24.3 Å². The van der Waals surface area contributed by atoms with Crippen molar-refractivity contribution in [1.29, 1.82) is 0 Å². The molecular weight excluding hydrogens is 228 g/mol. The third-order valence-electron chi connectivity index (χ3n) is 3.94. The number of aliphatic hydroxyl groups is 1. The maximum atomic E-state index is 12.1. The zero-order valence-electron chi connectivity index (χ0n) is 11.0. The fraction of sp³-hybridized carbons (Fsp3) is 0.667. The molecule has 1 saturated carbocycles. The second-order valence-corrected chi connectivity index (χ2v) is 5.72. The van der Waals surface area contributed by atoms with Crippen LogP contribution in [0, 0.1) is 11.3 Å². The average molecular weight is 250 g/mol. The third-order valence-corrected chi connectivity index (χ3v) is 3.94. The second kappa shape index (κ2) is 5.70. The van der Waals surface area contributed by atoms with Crippen LogP contribution >= 0.6 is 0 Å². The van der Waals surface area contributed by atoms with Gasteiger partial charge in [0.1, 0.15) is 0 Å². The van der Waals surface area contributed by atoms with Gasteiger partial charge in [-0.15, -0.1) is 0 Å². The monoisotopic (exact) mass is 250 g/mol. The van der Waals surface area contributed by atoms with Gasteiger partial charge in [-0.3, -0.25) is 4.79 Å². The van der Waals surface area contributed by atoms with Gasteiger partial charge in [0, 0.05) is 5.92 Å². The smallest absolute Gasteiger partial charge is 0.311 e. The van der Waals surface area contributed by atoms with E-state index in [9.17, 15) is 9.90 Å². The first-order valence-corrected chi connectivity index (χ1v) is 6.79. The van der Waals surface area contributed by atoms with Crippen molar-refractivity contribution in [2.75, 3.05) is 6.61 Å². The number of aliphatic hydroxyl groups excluding tert-OH is 1. The van der Waals surface area contributed by atoms with E-state index in [4.69, 9.17) is 4.74 Å². The normalized spacial score (nSPS) is 35.4. The zero-order valence-corrected chi connectivity index (χ0v) is 11.0. The molecule has 2 aliphatic rings. The Labute approximate surface area is 109 Å². The number of ether oxygens (including phenoxy) is 1. The van der Waals surface area contributed by atoms with Crippen molar-refractivity contribution in [3.05, 3.63) is 24.3 Å². The number of allylic oxidation sites excluding steroid dienone is 3. The Morgan fingerprint density at radius 1 is 1.50 bits per heavy atom. The van der Waals surface area contributed by atoms with Crippen molar-refractivity contribution < 1.29 is 14.6 Å². The van der Waals surface area contributed by atoms with Gasteiger partial charge >= 0.3 is 5.97 Å². The molecule has 3 atom stereocenters. The van der Waals surface area contributed by atoms with Gasteiger partial charge in [0.2, 0.25) is 0 Å². The van der Waals surface area contributed by atoms with Crippen LogP contribution in [0.5, 0.6) is 0 Å². The molecule has 0 aromatic carbocycles. The third kappa shape index (κ3) is 3.22. The summed E-state index contributed by atoms with van der Waals surface area (Å²) in [6.07, 6.45) is 11.8. The molecule has 0 bridgehead atoms. The van der Waals surface area contributed by atoms with E-state index in [0.29, 0.717) is 18.9 Å². The van der Waals surface area contributed by atoms with Gasteiger partial charge in [0.25, 0.3) is 0 Å². The highest BCUT2D eigenvalue weighted by molar-refractivity contribution is 5.76. The van der Waals surface area contributed by atoms with E-state index in [1.165, 1.54) is 0 Å². The van der Waals surface area contributed by atoms with Crippen molar-refractivity contribution in [1.82, 2.24) is 0 Å². The molecule has 1 fully saturated rings. The molecule has 18 heavy (non-hydrogen) atoms. The largest absolute Gasteiger partial charge is 0.465 e. The van der Waals surface area contributed by atoms with Crippen molar-refractivity contribution in [2.24, 2.45) is 11.3 Å². The first-order valence-electron chi connectivity index (χ1n) is 6.79. The molecule has 3 unspecified atom stereocenters. The van der Waals surface area contributed by atoms with Crippen LogP contribution in [0.3, 0.4) is 0 Å². The van der Waals surface area contributed by atoms with E-state index in [1.54, 1.807) is 0 Å². The highest BCUT2D eigenvalue weighted by Gasteiger charge is 2.39. The highest BCUT2D eigenvalue weighted by atomic mass is 16.5. The summed E-state index contributed by atoms with van der Waals surface area (Å²) < 4.78 is 5.44. The van der Waals surface area contributed by atoms with Crippen molar-refractivity contribution in [3.8, 4) is 0 Å². The highest BCUT2D eigenvalue weighted by Crippen LogP contribution is 2.37. The fourth-order valence-corrected chi connectivity index (χ4v) is 2.75. The van der Waals surface area contributed by atoms with Crippen molar-refractivity contribution >= 4 is 5.97 Å². The molecular formula is C15H22O3. The number of hydrogen-bond donors (Lipinski definition) is 1. The molecule has 2 rings (SSSR count). The lowest BCUT2D eigenvalue weighted by atomic mass is 9.74. The van der Waals surface area contributed by atoms with Crippen LogP contribution in [0.2, 0.25) is 0 Å². The van der Waals surface area contributed by atoms with Gasteiger partial charge in [-0.2, -0.15) is 0 Å². The Balaban J connectivity index is 1.83. The summed E-state index contributed by atoms with van der Waals surface area (Å²) in [6, 6.07) is 0. The van der Waals surface area contributed by atoms with Crippen LogP contribution in [-0.2, 0) is 9.53 Å². The molecule has 0 aliphatic heterocycles. The maximum Gasteiger partial charge on any atom is 0.311 e. The topological polar surface area (TPSA) is 46.5 Å². The van der Waals surface area contributed by atoms with Gasteiger partial charge in [0.15, 0.2) is 0 Å². The number of carbonyl (C=O) groups is 1. The van der Waals surface area contributed by atoms with Gasteiger partial charge in [-0.1, -0.05) is 24.3 Å². The van der Waals surface area contributed by atoms with Crippen LogP contribution in [-0.4, -0.2) is 23.8 Å². The average Bonchev–Trinajstić information content (AvgIpc) is 2.37. The van der Waals surface area contributed by atoms with Crippen molar-refractivity contribution in [3.63, 3.8) is 0 Å². The van der Waals surface area contributed by atoms with Gasteiger partial charge in [-0.25, -0.2) is 0 Å². The Morgan fingerprint density at radius 3 is 3.00 bits per heavy atom. The number of rotatable bonds is 3. The Bertz CT molecular complexity index is 359. The van der Waals surface area contributed by atoms with Crippen LogP contribution in [0.1, 0.15) is 39.0 Å². The predicted octanol–water partition coefficient (Wildman–Crippen LogP) is 2.60. The van der Waals surface area contributed by atoms with E-state index in [2.05, 4.69) is 12.2 Å². The summed E-state index contributed by atoms with van der Waals surface area (Å²) in [7, 11) is 0. The minimum atomic E-state index is -0.494. The quantitative estimate of drug-likeness (QED) is 0.783. The molecule has 0 aromatic heterocycles. The molecule has 0 aromatic rings. The van der Waals surface area contributed by atoms with Crippen LogP contribution in [0.25, 0.3) is 0 Å². The summed E-state index contributed by atoms with van der Waals surface area (Å²) in [5.41, 5.74) is -0.494. The minimum Gasteiger partial charge on any atom is -0.465 e. The minimum absolute atomic E-state index is 0.149. The zero-order chi connectivity index (χ0) is 13.0. The Hall–Kier alpha value is -1.09. The summed E-state index contributed by atoms with van der Waals surface area (Å²) in [5.74, 6) is 0.153. The molecule has 0 radical (unpaired) electrons. The summed E-state index contributed by atoms with van der Waals surface area (Å²) in [5, 5.41) is 9.68. The maximum absolute atomic E-state index is 12.1. The molecule has 100 valence electrons. The van der Waals surface area contributed by atoms with E-state index in [1.807, 2.05) is 19.1 Å². The van der Waals surface area contributed by atoms with E-state index < -0.39 is 5.41 Å². The number of esters is 1. The molecule has 3 heteroatoms. The fourth-order valence-electron chi connectivity index (χ4n) is 2.75.